The normalized spacial score (nSPS) is 18.8. The molecular formula is C26H32N2O3. The fraction of sp³-hybridized carbons (Fsp3) is 0.462. The van der Waals surface area contributed by atoms with Crippen molar-refractivity contribution in [2.75, 3.05) is 32.8 Å². The van der Waals surface area contributed by atoms with Crippen molar-refractivity contribution in [1.29, 1.82) is 0 Å². The van der Waals surface area contributed by atoms with Crippen LogP contribution in [0.2, 0.25) is 0 Å². The van der Waals surface area contributed by atoms with E-state index in [0.29, 0.717) is 12.5 Å². The number of hydrogen-bond donors (Lipinski definition) is 0. The summed E-state index contributed by atoms with van der Waals surface area (Å²) in [5, 5.41) is 0. The summed E-state index contributed by atoms with van der Waals surface area (Å²) < 4.78 is 6.01. The lowest BCUT2D eigenvalue weighted by atomic mass is 9.97. The molecule has 0 radical (unpaired) electrons. The van der Waals surface area contributed by atoms with Gasteiger partial charge in [0.25, 0.3) is 11.8 Å². The van der Waals surface area contributed by atoms with E-state index in [1.54, 1.807) is 0 Å². The highest BCUT2D eigenvalue weighted by molar-refractivity contribution is 5.95. The molecule has 0 aliphatic carbocycles. The maximum absolute atomic E-state index is 13.0. The van der Waals surface area contributed by atoms with Gasteiger partial charge < -0.3 is 14.5 Å². The number of ether oxygens (including phenoxy) is 1. The largest absolute Gasteiger partial charge is 0.493 e. The SMILES string of the molecule is Cc1cc(C)cc(C(=O)N2CCC[C@@H](COc3ccc(C(=O)N4CCCC4)cc3)C2)c1. The highest BCUT2D eigenvalue weighted by Gasteiger charge is 2.25. The molecule has 31 heavy (non-hydrogen) atoms. The molecule has 0 saturated carbocycles. The third kappa shape index (κ3) is 5.27. The van der Waals surface area contributed by atoms with Gasteiger partial charge in [0, 0.05) is 43.2 Å². The minimum Gasteiger partial charge on any atom is -0.493 e. The van der Waals surface area contributed by atoms with Crippen molar-refractivity contribution in [1.82, 2.24) is 9.80 Å². The predicted octanol–water partition coefficient (Wildman–Crippen LogP) is 4.47. The summed E-state index contributed by atoms with van der Waals surface area (Å²) >= 11 is 0. The standard InChI is InChI=1S/C26H32N2O3/c1-19-14-20(2)16-23(15-19)26(30)28-13-5-6-21(17-28)18-31-24-9-7-22(8-10-24)25(29)27-11-3-4-12-27/h7-10,14-16,21H,3-6,11-13,17-18H2,1-2H3/t21-/m1/s1. The molecule has 5 nitrogen and oxygen atoms in total. The fourth-order valence-corrected chi connectivity index (χ4v) is 4.68. The third-order valence-electron chi connectivity index (χ3n) is 6.26. The number of hydrogen-bond acceptors (Lipinski definition) is 3. The number of rotatable bonds is 5. The molecule has 0 bridgehead atoms. The average Bonchev–Trinajstić information content (AvgIpc) is 3.31. The van der Waals surface area contributed by atoms with Crippen LogP contribution in [0.15, 0.2) is 42.5 Å². The Morgan fingerprint density at radius 3 is 2.13 bits per heavy atom. The Bertz CT molecular complexity index is 912. The monoisotopic (exact) mass is 420 g/mol. The molecule has 0 unspecified atom stereocenters. The van der Waals surface area contributed by atoms with Crippen LogP contribution in [0.3, 0.4) is 0 Å². The molecular weight excluding hydrogens is 388 g/mol. The zero-order chi connectivity index (χ0) is 21.8. The highest BCUT2D eigenvalue weighted by atomic mass is 16.5. The van der Waals surface area contributed by atoms with Crippen LogP contribution in [-0.4, -0.2) is 54.4 Å². The van der Waals surface area contributed by atoms with Crippen molar-refractivity contribution in [2.24, 2.45) is 5.92 Å². The molecule has 4 rings (SSSR count). The second kappa shape index (κ2) is 9.54. The van der Waals surface area contributed by atoms with Gasteiger partial charge in [0.2, 0.25) is 0 Å². The Hall–Kier alpha value is -2.82. The Balaban J connectivity index is 1.31. The van der Waals surface area contributed by atoms with E-state index in [9.17, 15) is 9.59 Å². The number of carbonyl (C=O) groups is 2. The van der Waals surface area contributed by atoms with Crippen LogP contribution < -0.4 is 4.74 Å². The quantitative estimate of drug-likeness (QED) is 0.717. The van der Waals surface area contributed by atoms with Gasteiger partial charge in [-0.2, -0.15) is 0 Å². The van der Waals surface area contributed by atoms with Crippen molar-refractivity contribution >= 4 is 11.8 Å². The van der Waals surface area contributed by atoms with Crippen LogP contribution >= 0.6 is 0 Å². The van der Waals surface area contributed by atoms with Crippen LogP contribution in [0.25, 0.3) is 0 Å². The van der Waals surface area contributed by atoms with E-state index < -0.39 is 0 Å². The zero-order valence-electron chi connectivity index (χ0n) is 18.6. The summed E-state index contributed by atoms with van der Waals surface area (Å²) in [5.41, 5.74) is 3.73. The van der Waals surface area contributed by atoms with Gasteiger partial charge >= 0.3 is 0 Å². The number of benzene rings is 2. The molecule has 0 spiro atoms. The third-order valence-corrected chi connectivity index (χ3v) is 6.26. The van der Waals surface area contributed by atoms with Crippen molar-refractivity contribution < 1.29 is 14.3 Å². The summed E-state index contributed by atoms with van der Waals surface area (Å²) in [5.74, 6) is 1.31. The van der Waals surface area contributed by atoms with Crippen molar-refractivity contribution in [3.63, 3.8) is 0 Å². The van der Waals surface area contributed by atoms with Gasteiger partial charge in [-0.3, -0.25) is 9.59 Å². The lowest BCUT2D eigenvalue weighted by Gasteiger charge is -2.33. The van der Waals surface area contributed by atoms with Gasteiger partial charge in [-0.1, -0.05) is 17.2 Å². The lowest BCUT2D eigenvalue weighted by Crippen LogP contribution is -2.41. The molecule has 1 atom stereocenters. The van der Waals surface area contributed by atoms with Gasteiger partial charge in [0.15, 0.2) is 0 Å². The zero-order valence-corrected chi connectivity index (χ0v) is 18.6. The Morgan fingerprint density at radius 1 is 0.839 bits per heavy atom. The summed E-state index contributed by atoms with van der Waals surface area (Å²) in [6.07, 6.45) is 4.24. The number of likely N-dealkylation sites (tertiary alicyclic amines) is 2. The number of amides is 2. The number of piperidine rings is 1. The van der Waals surface area contributed by atoms with Crippen LogP contribution in [0.4, 0.5) is 0 Å². The molecule has 164 valence electrons. The van der Waals surface area contributed by atoms with Gasteiger partial charge in [-0.05, 0) is 75.9 Å². The van der Waals surface area contributed by atoms with Crippen LogP contribution in [0.5, 0.6) is 5.75 Å². The van der Waals surface area contributed by atoms with Crippen LogP contribution in [-0.2, 0) is 0 Å². The van der Waals surface area contributed by atoms with E-state index in [1.165, 1.54) is 0 Å². The smallest absolute Gasteiger partial charge is 0.253 e. The van der Waals surface area contributed by atoms with E-state index in [0.717, 1.165) is 79.9 Å². The molecule has 2 amide bonds. The van der Waals surface area contributed by atoms with E-state index >= 15 is 0 Å². The molecule has 5 heteroatoms. The molecule has 2 heterocycles. The van der Waals surface area contributed by atoms with E-state index in [-0.39, 0.29) is 11.8 Å². The van der Waals surface area contributed by atoms with E-state index in [2.05, 4.69) is 6.07 Å². The maximum Gasteiger partial charge on any atom is 0.253 e. The second-order valence-electron chi connectivity index (χ2n) is 8.97. The molecule has 0 aromatic heterocycles. The average molecular weight is 421 g/mol. The Kier molecular flexibility index (Phi) is 6.59. The summed E-state index contributed by atoms with van der Waals surface area (Å²) in [6, 6.07) is 13.5. The first-order valence-electron chi connectivity index (χ1n) is 11.4. The predicted molar refractivity (Wildman–Crippen MR) is 122 cm³/mol. The number of nitrogens with zero attached hydrogens (tertiary/aromatic N) is 2. The topological polar surface area (TPSA) is 49.9 Å². The molecule has 0 N–H and O–H groups in total. The second-order valence-corrected chi connectivity index (χ2v) is 8.97. The van der Waals surface area contributed by atoms with Crippen LogP contribution in [0, 0.1) is 19.8 Å². The molecule has 2 aromatic rings. The molecule has 2 aromatic carbocycles. The Morgan fingerprint density at radius 2 is 1.45 bits per heavy atom. The van der Waals surface area contributed by atoms with Crippen molar-refractivity contribution in [2.45, 2.75) is 39.5 Å². The summed E-state index contributed by atoms with van der Waals surface area (Å²) in [6.45, 7) is 7.87. The van der Waals surface area contributed by atoms with Gasteiger partial charge in [0.05, 0.1) is 6.61 Å². The van der Waals surface area contributed by atoms with Crippen LogP contribution in [0.1, 0.15) is 57.5 Å². The summed E-state index contributed by atoms with van der Waals surface area (Å²) in [4.78, 5) is 29.3. The van der Waals surface area contributed by atoms with E-state index in [1.807, 2.05) is 60.0 Å². The van der Waals surface area contributed by atoms with Gasteiger partial charge in [-0.25, -0.2) is 0 Å². The minimum absolute atomic E-state index is 0.108. The first-order valence-corrected chi connectivity index (χ1v) is 11.4. The summed E-state index contributed by atoms with van der Waals surface area (Å²) in [7, 11) is 0. The van der Waals surface area contributed by atoms with Crippen molar-refractivity contribution in [3.8, 4) is 5.75 Å². The van der Waals surface area contributed by atoms with Gasteiger partial charge in [-0.15, -0.1) is 0 Å². The Labute approximate surface area is 185 Å². The molecule has 2 aliphatic heterocycles. The van der Waals surface area contributed by atoms with Crippen molar-refractivity contribution in [3.05, 3.63) is 64.7 Å². The number of carbonyl (C=O) groups excluding carboxylic acids is 2. The van der Waals surface area contributed by atoms with E-state index in [4.69, 9.17) is 4.74 Å². The molecule has 2 saturated heterocycles. The lowest BCUT2D eigenvalue weighted by molar-refractivity contribution is 0.0633. The highest BCUT2D eigenvalue weighted by Crippen LogP contribution is 2.22. The first-order chi connectivity index (χ1) is 15.0. The minimum atomic E-state index is 0.108. The number of aryl methyl sites for hydroxylation is 2. The molecule has 2 fully saturated rings. The fourth-order valence-electron chi connectivity index (χ4n) is 4.68. The van der Waals surface area contributed by atoms with Gasteiger partial charge in [0.1, 0.15) is 5.75 Å². The molecule has 2 aliphatic rings. The maximum atomic E-state index is 13.0. The first kappa shape index (κ1) is 21.4.